The van der Waals surface area contributed by atoms with Gasteiger partial charge in [0, 0.05) is 31.1 Å². The molecule has 2 aromatic rings. The van der Waals surface area contributed by atoms with Gasteiger partial charge in [-0.1, -0.05) is 49.1 Å². The molecule has 1 heterocycles. The summed E-state index contributed by atoms with van der Waals surface area (Å²) in [5.74, 6) is 8.73. The number of anilines is 2. The van der Waals surface area contributed by atoms with E-state index in [9.17, 15) is 13.2 Å². The van der Waals surface area contributed by atoms with E-state index in [1.807, 2.05) is 18.2 Å². The Kier molecular flexibility index (Phi) is 10.1. The summed E-state index contributed by atoms with van der Waals surface area (Å²) in [5.41, 5.74) is 1.52. The van der Waals surface area contributed by atoms with Crippen LogP contribution in [0.4, 0.5) is 11.6 Å². The molecule has 40 heavy (non-hydrogen) atoms. The number of aromatic nitrogens is 1. The fourth-order valence-electron chi connectivity index (χ4n) is 4.51. The molecule has 3 atom stereocenters. The molecule has 216 valence electrons. The van der Waals surface area contributed by atoms with Crippen molar-refractivity contribution in [1.29, 1.82) is 0 Å². The Morgan fingerprint density at radius 1 is 1.18 bits per heavy atom. The lowest BCUT2D eigenvalue weighted by Gasteiger charge is -2.23. The molecule has 0 aliphatic heterocycles. The molecular weight excluding hydrogens is 522 g/mol. The third-order valence-electron chi connectivity index (χ3n) is 7.62. The van der Waals surface area contributed by atoms with E-state index in [1.54, 1.807) is 26.0 Å². The molecule has 1 amide bonds. The SMILES string of the molecule is CC1CC1CNc1cc(C(=O)NC(CCNCC#CC2CC2)Cc2ccccc2)cc(N(C)S(=O)(=O)C(C)C)n1. The number of carbonyl (C=O) groups excluding carboxylic acids is 1. The van der Waals surface area contributed by atoms with Crippen molar-refractivity contribution in [3.05, 3.63) is 53.6 Å². The minimum Gasteiger partial charge on any atom is -0.370 e. The summed E-state index contributed by atoms with van der Waals surface area (Å²) in [4.78, 5) is 18.2. The number of pyridine rings is 1. The monoisotopic (exact) mass is 565 g/mol. The first-order valence-electron chi connectivity index (χ1n) is 14.4. The minimum absolute atomic E-state index is 0.115. The number of rotatable bonds is 14. The Hall–Kier alpha value is -3.09. The quantitative estimate of drug-likeness (QED) is 0.236. The molecule has 0 saturated heterocycles. The van der Waals surface area contributed by atoms with Gasteiger partial charge >= 0.3 is 0 Å². The van der Waals surface area contributed by atoms with Crippen molar-refractivity contribution in [1.82, 2.24) is 15.6 Å². The zero-order valence-electron chi connectivity index (χ0n) is 24.1. The van der Waals surface area contributed by atoms with Crippen molar-refractivity contribution in [3.8, 4) is 11.8 Å². The third kappa shape index (κ3) is 8.70. The van der Waals surface area contributed by atoms with Crippen molar-refractivity contribution in [2.45, 2.75) is 64.2 Å². The number of nitrogens with zero attached hydrogens (tertiary/aromatic N) is 2. The van der Waals surface area contributed by atoms with E-state index in [1.165, 1.54) is 24.2 Å². The second kappa shape index (κ2) is 13.5. The Morgan fingerprint density at radius 3 is 2.55 bits per heavy atom. The first kappa shape index (κ1) is 29.9. The van der Waals surface area contributed by atoms with Crippen LogP contribution in [-0.2, 0) is 16.4 Å². The van der Waals surface area contributed by atoms with Crippen molar-refractivity contribution < 1.29 is 13.2 Å². The van der Waals surface area contributed by atoms with E-state index in [2.05, 4.69) is 51.8 Å². The molecular formula is C31H43N5O3S. The highest BCUT2D eigenvalue weighted by Gasteiger charge is 2.32. The van der Waals surface area contributed by atoms with Crippen LogP contribution in [0.5, 0.6) is 0 Å². The molecule has 2 aliphatic rings. The van der Waals surface area contributed by atoms with Gasteiger partial charge in [-0.25, -0.2) is 13.4 Å². The van der Waals surface area contributed by atoms with E-state index in [-0.39, 0.29) is 17.8 Å². The standard InChI is InChI=1S/C31H43N5O3S/c1-22(2)40(38,39)36(4)30-20-26(19-29(35-30)33-21-27-17-23(27)3)31(37)34-28(18-25-9-6-5-7-10-25)14-16-32-15-8-11-24-12-13-24/h5-7,9-10,19-20,22-24,27-28,32H,12-18,21H2,1-4H3,(H,33,35)(H,34,37). The van der Waals surface area contributed by atoms with Gasteiger partial charge in [0.2, 0.25) is 10.0 Å². The van der Waals surface area contributed by atoms with Crippen LogP contribution in [0, 0.1) is 29.6 Å². The van der Waals surface area contributed by atoms with Gasteiger partial charge in [0.25, 0.3) is 5.91 Å². The third-order valence-corrected chi connectivity index (χ3v) is 9.76. The van der Waals surface area contributed by atoms with Crippen molar-refractivity contribution in [3.63, 3.8) is 0 Å². The van der Waals surface area contributed by atoms with Gasteiger partial charge in [-0.2, -0.15) is 0 Å². The lowest BCUT2D eigenvalue weighted by molar-refractivity contribution is 0.0935. The minimum atomic E-state index is -3.61. The molecule has 0 bridgehead atoms. The number of hydrogen-bond donors (Lipinski definition) is 3. The van der Waals surface area contributed by atoms with Crippen LogP contribution < -0.4 is 20.3 Å². The van der Waals surface area contributed by atoms with Crippen LogP contribution in [-0.4, -0.2) is 57.3 Å². The first-order valence-corrected chi connectivity index (χ1v) is 15.9. The van der Waals surface area contributed by atoms with Gasteiger partial charge in [0.15, 0.2) is 0 Å². The zero-order valence-corrected chi connectivity index (χ0v) is 24.9. The summed E-state index contributed by atoms with van der Waals surface area (Å²) in [6, 6.07) is 13.3. The van der Waals surface area contributed by atoms with Gasteiger partial charge in [0.05, 0.1) is 11.8 Å². The highest BCUT2D eigenvalue weighted by molar-refractivity contribution is 7.93. The summed E-state index contributed by atoms with van der Waals surface area (Å²) in [5, 5.41) is 9.30. The fourth-order valence-corrected chi connectivity index (χ4v) is 5.49. The Labute approximate surface area is 239 Å². The first-order chi connectivity index (χ1) is 19.1. The van der Waals surface area contributed by atoms with E-state index < -0.39 is 15.3 Å². The van der Waals surface area contributed by atoms with Gasteiger partial charge < -0.3 is 16.0 Å². The van der Waals surface area contributed by atoms with E-state index in [0.29, 0.717) is 42.1 Å². The number of amides is 1. The lowest BCUT2D eigenvalue weighted by Crippen LogP contribution is -2.39. The van der Waals surface area contributed by atoms with E-state index in [4.69, 9.17) is 0 Å². The number of sulfonamides is 1. The lowest BCUT2D eigenvalue weighted by atomic mass is 10.0. The molecule has 0 spiro atoms. The average Bonchev–Trinajstić information content (AvgIpc) is 3.87. The van der Waals surface area contributed by atoms with Gasteiger partial charge in [-0.15, -0.1) is 0 Å². The molecule has 2 aliphatic carbocycles. The molecule has 2 fully saturated rings. The molecule has 2 saturated carbocycles. The molecule has 1 aromatic heterocycles. The number of benzene rings is 1. The highest BCUT2D eigenvalue weighted by Crippen LogP contribution is 2.37. The predicted molar refractivity (Wildman–Crippen MR) is 162 cm³/mol. The van der Waals surface area contributed by atoms with Crippen LogP contribution in [0.25, 0.3) is 0 Å². The number of hydrogen-bond acceptors (Lipinski definition) is 6. The zero-order chi connectivity index (χ0) is 28.7. The molecule has 0 radical (unpaired) electrons. The normalized spacial score (nSPS) is 18.9. The van der Waals surface area contributed by atoms with Crippen molar-refractivity contribution in [2.24, 2.45) is 17.8 Å². The van der Waals surface area contributed by atoms with E-state index >= 15 is 0 Å². The van der Waals surface area contributed by atoms with E-state index in [0.717, 1.165) is 31.5 Å². The molecule has 8 nitrogen and oxygen atoms in total. The highest BCUT2D eigenvalue weighted by atomic mass is 32.2. The summed E-state index contributed by atoms with van der Waals surface area (Å²) in [6.45, 7) is 7.58. The van der Waals surface area contributed by atoms with Gasteiger partial charge in [-0.3, -0.25) is 9.10 Å². The fraction of sp³-hybridized carbons (Fsp3) is 0.548. The molecule has 4 rings (SSSR count). The van der Waals surface area contributed by atoms with Gasteiger partial charge in [0.1, 0.15) is 11.6 Å². The summed E-state index contributed by atoms with van der Waals surface area (Å²) >= 11 is 0. The van der Waals surface area contributed by atoms with Crippen molar-refractivity contribution in [2.75, 3.05) is 36.3 Å². The summed E-state index contributed by atoms with van der Waals surface area (Å²) in [6.07, 6.45) is 5.00. The smallest absolute Gasteiger partial charge is 0.251 e. The predicted octanol–water partition coefficient (Wildman–Crippen LogP) is 4.06. The molecule has 1 aromatic carbocycles. The van der Waals surface area contributed by atoms with Crippen LogP contribution in [0.3, 0.4) is 0 Å². The molecule has 3 unspecified atom stereocenters. The summed E-state index contributed by atoms with van der Waals surface area (Å²) in [7, 11) is -2.12. The summed E-state index contributed by atoms with van der Waals surface area (Å²) < 4.78 is 27.0. The Balaban J connectivity index is 1.49. The van der Waals surface area contributed by atoms with Crippen LogP contribution in [0.2, 0.25) is 0 Å². The number of carbonyl (C=O) groups is 1. The molecule has 3 N–H and O–H groups in total. The largest absolute Gasteiger partial charge is 0.370 e. The Bertz CT molecular complexity index is 1320. The number of nitrogens with one attached hydrogen (secondary N) is 3. The van der Waals surface area contributed by atoms with Crippen LogP contribution in [0.1, 0.15) is 62.4 Å². The topological polar surface area (TPSA) is 103 Å². The Morgan fingerprint density at radius 2 is 1.90 bits per heavy atom. The van der Waals surface area contributed by atoms with Crippen LogP contribution >= 0.6 is 0 Å². The van der Waals surface area contributed by atoms with Crippen LogP contribution in [0.15, 0.2) is 42.5 Å². The average molecular weight is 566 g/mol. The maximum absolute atomic E-state index is 13.6. The van der Waals surface area contributed by atoms with Gasteiger partial charge in [-0.05, 0) is 82.0 Å². The maximum atomic E-state index is 13.6. The van der Waals surface area contributed by atoms with Crippen molar-refractivity contribution >= 4 is 27.6 Å². The second-order valence-corrected chi connectivity index (χ2v) is 14.0. The molecule has 9 heteroatoms. The second-order valence-electron chi connectivity index (χ2n) is 11.4. The maximum Gasteiger partial charge on any atom is 0.251 e.